The summed E-state index contributed by atoms with van der Waals surface area (Å²) in [4.78, 5) is 4.40. The molecule has 0 saturated heterocycles. The predicted octanol–water partition coefficient (Wildman–Crippen LogP) is 7.97. The van der Waals surface area contributed by atoms with Gasteiger partial charge in [0.25, 0.3) is 0 Å². The fourth-order valence-corrected chi connectivity index (χ4v) is 3.74. The van der Waals surface area contributed by atoms with Gasteiger partial charge in [0.1, 0.15) is 0 Å². The van der Waals surface area contributed by atoms with E-state index in [9.17, 15) is 0 Å². The molecule has 0 spiro atoms. The molecule has 2 rings (SSSR count). The molecule has 2 aromatic carbocycles. The Morgan fingerprint density at radius 3 is 1.32 bits per heavy atom. The van der Waals surface area contributed by atoms with Gasteiger partial charge in [-0.2, -0.15) is 0 Å². The average molecular weight is 432 g/mol. The largest absolute Gasteiger partial charge is 0.221 e. The number of aliphatic imine (C=N–C) groups is 1. The highest BCUT2D eigenvalue weighted by molar-refractivity contribution is 7.78. The highest BCUT2D eigenvalue weighted by Gasteiger charge is 2.26. The summed E-state index contributed by atoms with van der Waals surface area (Å²) in [6.07, 6.45) is 0.876. The number of thiocarbonyl (C=S) groups is 1. The predicted molar refractivity (Wildman–Crippen MR) is 138 cm³/mol. The van der Waals surface area contributed by atoms with E-state index in [0.29, 0.717) is 0 Å². The van der Waals surface area contributed by atoms with Crippen molar-refractivity contribution in [3.63, 3.8) is 0 Å². The molecule has 0 saturated carbocycles. The second-order valence-corrected chi connectivity index (χ2v) is 10.9. The first-order valence-electron chi connectivity index (χ1n) is 11.1. The molecule has 0 aliphatic rings. The molecule has 1 nitrogen and oxygen atoms in total. The lowest BCUT2D eigenvalue weighted by molar-refractivity contribution is 0.483. The van der Waals surface area contributed by atoms with Crippen LogP contribution in [0.1, 0.15) is 91.0 Å². The van der Waals surface area contributed by atoms with E-state index in [1.807, 2.05) is 0 Å². The van der Waals surface area contributed by atoms with E-state index in [1.165, 1.54) is 16.7 Å². The molecule has 0 amide bonds. The fourth-order valence-electron chi connectivity index (χ4n) is 3.54. The van der Waals surface area contributed by atoms with Gasteiger partial charge in [0, 0.05) is 0 Å². The molecule has 164 valence electrons. The van der Waals surface area contributed by atoms with Gasteiger partial charge in [0.15, 0.2) is 0 Å². The maximum absolute atomic E-state index is 4.85. The van der Waals surface area contributed by atoms with E-state index in [1.54, 1.807) is 0 Å². The van der Waals surface area contributed by atoms with Crippen LogP contribution in [0, 0.1) is 11.8 Å². The molecule has 2 aromatic rings. The third kappa shape index (κ3) is 5.94. The van der Waals surface area contributed by atoms with Crippen molar-refractivity contribution in [3.05, 3.63) is 70.8 Å². The van der Waals surface area contributed by atoms with Crippen molar-refractivity contribution in [2.24, 2.45) is 4.99 Å². The van der Waals surface area contributed by atoms with Crippen molar-refractivity contribution in [3.8, 4) is 11.8 Å². The maximum atomic E-state index is 4.85. The second kappa shape index (κ2) is 9.12. The van der Waals surface area contributed by atoms with Crippen molar-refractivity contribution in [2.75, 3.05) is 0 Å². The highest BCUT2D eigenvalue weighted by atomic mass is 32.1. The summed E-state index contributed by atoms with van der Waals surface area (Å²) in [6, 6.07) is 17.5. The number of hydrogen-bond acceptors (Lipinski definition) is 2. The van der Waals surface area contributed by atoms with Crippen LogP contribution in [0.2, 0.25) is 0 Å². The molecule has 0 aliphatic heterocycles. The first kappa shape index (κ1) is 25.1. The monoisotopic (exact) mass is 431 g/mol. The van der Waals surface area contributed by atoms with Crippen LogP contribution in [0.3, 0.4) is 0 Å². The Bertz CT molecular complexity index is 1000. The summed E-state index contributed by atoms with van der Waals surface area (Å²) in [5.74, 6) is 7.11. The van der Waals surface area contributed by atoms with Crippen LogP contribution in [0.4, 0.5) is 0 Å². The standard InChI is InChI=1S/C29H37NS/c1-10-29(9,30-21-31)25-17-15-24(16-18-25)28(7,8)20-19-27(5,6)23-13-11-22(12-14-23)26(2,3)4/h11-18H,10H2,1-9H3. The average Bonchev–Trinajstić information content (AvgIpc) is 2.72. The Hall–Kier alpha value is -2.20. The minimum absolute atomic E-state index is 0.158. The molecule has 0 aliphatic carbocycles. The van der Waals surface area contributed by atoms with Gasteiger partial charge < -0.3 is 0 Å². The highest BCUT2D eigenvalue weighted by Crippen LogP contribution is 2.32. The van der Waals surface area contributed by atoms with Gasteiger partial charge in [0.2, 0.25) is 0 Å². The van der Waals surface area contributed by atoms with E-state index >= 15 is 0 Å². The minimum atomic E-state index is -0.322. The lowest BCUT2D eigenvalue weighted by Crippen LogP contribution is -2.20. The van der Waals surface area contributed by atoms with Crippen molar-refractivity contribution >= 4 is 17.4 Å². The minimum Gasteiger partial charge on any atom is -0.221 e. The SMILES string of the molecule is CCC(C)(N=C=S)c1ccc(C(C)(C)C#CC(C)(C)c2ccc(C(C)(C)C)cc2)cc1. The van der Waals surface area contributed by atoms with E-state index < -0.39 is 0 Å². The molecule has 31 heavy (non-hydrogen) atoms. The first-order chi connectivity index (χ1) is 14.2. The third-order valence-electron chi connectivity index (χ3n) is 6.37. The topological polar surface area (TPSA) is 12.4 Å². The van der Waals surface area contributed by atoms with Gasteiger partial charge in [-0.1, -0.05) is 88.1 Å². The number of nitrogens with zero attached hydrogens (tertiary/aromatic N) is 1. The summed E-state index contributed by atoms with van der Waals surface area (Å²) in [5.41, 5.74) is 4.31. The van der Waals surface area contributed by atoms with Crippen LogP contribution in [0.5, 0.6) is 0 Å². The third-order valence-corrected chi connectivity index (χ3v) is 6.46. The van der Waals surface area contributed by atoms with Crippen molar-refractivity contribution < 1.29 is 0 Å². The summed E-state index contributed by atoms with van der Waals surface area (Å²) in [5, 5.41) is 2.55. The Morgan fingerprint density at radius 1 is 0.645 bits per heavy atom. The second-order valence-electron chi connectivity index (χ2n) is 10.7. The molecular formula is C29H37NS. The van der Waals surface area contributed by atoms with Gasteiger partial charge in [-0.25, -0.2) is 4.99 Å². The van der Waals surface area contributed by atoms with Crippen LogP contribution in [-0.2, 0) is 21.8 Å². The summed E-state index contributed by atoms with van der Waals surface area (Å²) < 4.78 is 0. The van der Waals surface area contributed by atoms with E-state index in [0.717, 1.165) is 12.0 Å². The summed E-state index contributed by atoms with van der Waals surface area (Å²) in [7, 11) is 0. The molecule has 2 heteroatoms. The molecule has 0 heterocycles. The number of rotatable bonds is 5. The van der Waals surface area contributed by atoms with Crippen molar-refractivity contribution in [1.29, 1.82) is 0 Å². The normalized spacial score (nSPS) is 14.1. The fraction of sp³-hybridized carbons (Fsp3) is 0.483. The quantitative estimate of drug-likeness (QED) is 0.266. The Labute approximate surface area is 195 Å². The van der Waals surface area contributed by atoms with E-state index in [-0.39, 0.29) is 21.8 Å². The smallest absolute Gasteiger partial charge is 0.0928 e. The van der Waals surface area contributed by atoms with Gasteiger partial charge >= 0.3 is 0 Å². The van der Waals surface area contributed by atoms with Gasteiger partial charge in [-0.05, 0) is 80.9 Å². The van der Waals surface area contributed by atoms with Gasteiger partial charge in [-0.3, -0.25) is 0 Å². The van der Waals surface area contributed by atoms with E-state index in [2.05, 4.69) is 133 Å². The van der Waals surface area contributed by atoms with Crippen LogP contribution in [-0.4, -0.2) is 5.16 Å². The molecule has 0 N–H and O–H groups in total. The van der Waals surface area contributed by atoms with Crippen LogP contribution in [0.25, 0.3) is 0 Å². The molecule has 0 bridgehead atoms. The maximum Gasteiger partial charge on any atom is 0.0928 e. The molecule has 0 fully saturated rings. The molecule has 1 atom stereocenters. The Morgan fingerprint density at radius 2 is 1.00 bits per heavy atom. The summed E-state index contributed by atoms with van der Waals surface area (Å²) >= 11 is 4.85. The molecule has 0 radical (unpaired) electrons. The zero-order valence-corrected chi connectivity index (χ0v) is 21.5. The van der Waals surface area contributed by atoms with Crippen LogP contribution < -0.4 is 0 Å². The molecule has 1 unspecified atom stereocenters. The first-order valence-corrected chi connectivity index (χ1v) is 11.5. The number of benzene rings is 2. The van der Waals surface area contributed by atoms with Crippen molar-refractivity contribution in [2.45, 2.75) is 90.5 Å². The lowest BCUT2D eigenvalue weighted by Gasteiger charge is -2.26. The number of isothiocyanates is 1. The van der Waals surface area contributed by atoms with Gasteiger partial charge in [0.05, 0.1) is 21.5 Å². The zero-order chi connectivity index (χ0) is 23.5. The molecule has 0 aromatic heterocycles. The zero-order valence-electron chi connectivity index (χ0n) is 20.7. The Kier molecular flexibility index (Phi) is 7.37. The lowest BCUT2D eigenvalue weighted by atomic mass is 9.79. The molecular weight excluding hydrogens is 394 g/mol. The van der Waals surface area contributed by atoms with Crippen molar-refractivity contribution in [1.82, 2.24) is 0 Å². The Balaban J connectivity index is 2.31. The van der Waals surface area contributed by atoms with Crippen LogP contribution in [0.15, 0.2) is 53.5 Å². The summed E-state index contributed by atoms with van der Waals surface area (Å²) in [6.45, 7) is 19.7. The van der Waals surface area contributed by atoms with Crippen LogP contribution >= 0.6 is 12.2 Å². The van der Waals surface area contributed by atoms with Gasteiger partial charge in [-0.15, -0.1) is 0 Å². The van der Waals surface area contributed by atoms with E-state index in [4.69, 9.17) is 12.2 Å². The number of hydrogen-bond donors (Lipinski definition) is 0.